The molecular formula is C27H25N3O4S. The van der Waals surface area contributed by atoms with Gasteiger partial charge in [0.1, 0.15) is 17.2 Å². The summed E-state index contributed by atoms with van der Waals surface area (Å²) in [6.45, 7) is 1.87. The van der Waals surface area contributed by atoms with Crippen LogP contribution in [0.1, 0.15) is 40.6 Å². The van der Waals surface area contributed by atoms with Crippen LogP contribution in [-0.4, -0.2) is 28.0 Å². The monoisotopic (exact) mass is 487 g/mol. The summed E-state index contributed by atoms with van der Waals surface area (Å²) in [6.07, 6.45) is 4.02. The van der Waals surface area contributed by atoms with Crippen LogP contribution in [-0.2, 0) is 28.9 Å². The molecule has 5 rings (SSSR count). The third-order valence-electron chi connectivity index (χ3n) is 6.09. The molecule has 0 radical (unpaired) electrons. The first kappa shape index (κ1) is 23.0. The number of nitrogens with one attached hydrogen (secondary N) is 1. The molecule has 0 atom stereocenters. The fourth-order valence-electron chi connectivity index (χ4n) is 4.44. The molecule has 0 saturated carbocycles. The molecule has 0 unspecified atom stereocenters. The molecule has 0 aliphatic heterocycles. The quantitative estimate of drug-likeness (QED) is 0.394. The van der Waals surface area contributed by atoms with Crippen LogP contribution >= 0.6 is 11.3 Å². The number of hydrogen-bond acceptors (Lipinski definition) is 6. The van der Waals surface area contributed by atoms with Gasteiger partial charge in [-0.25, -0.2) is 9.78 Å². The van der Waals surface area contributed by atoms with E-state index in [4.69, 9.17) is 9.72 Å². The van der Waals surface area contributed by atoms with E-state index in [2.05, 4.69) is 5.32 Å². The summed E-state index contributed by atoms with van der Waals surface area (Å²) in [7, 11) is 0. The molecule has 2 aromatic heterocycles. The summed E-state index contributed by atoms with van der Waals surface area (Å²) < 4.78 is 6.47. The van der Waals surface area contributed by atoms with E-state index in [1.54, 1.807) is 42.5 Å². The maximum absolute atomic E-state index is 13.7. The highest BCUT2D eigenvalue weighted by atomic mass is 32.1. The van der Waals surface area contributed by atoms with Crippen LogP contribution in [0.25, 0.3) is 21.6 Å². The van der Waals surface area contributed by atoms with Crippen molar-refractivity contribution in [3.05, 3.63) is 81.0 Å². The van der Waals surface area contributed by atoms with E-state index >= 15 is 0 Å². The molecule has 1 aliphatic rings. The van der Waals surface area contributed by atoms with Crippen molar-refractivity contribution < 1.29 is 14.3 Å². The van der Waals surface area contributed by atoms with Crippen LogP contribution in [0.15, 0.2) is 59.4 Å². The molecule has 35 heavy (non-hydrogen) atoms. The summed E-state index contributed by atoms with van der Waals surface area (Å²) in [6, 6.07) is 15.9. The fraction of sp³-hybridized carbons (Fsp3) is 0.259. The molecule has 0 bridgehead atoms. The van der Waals surface area contributed by atoms with Gasteiger partial charge in [0.05, 0.1) is 17.6 Å². The Balaban J connectivity index is 1.49. The number of aromatic nitrogens is 2. The van der Waals surface area contributed by atoms with Crippen LogP contribution in [0.2, 0.25) is 0 Å². The van der Waals surface area contributed by atoms with Gasteiger partial charge in [0.15, 0.2) is 0 Å². The second-order valence-electron chi connectivity index (χ2n) is 8.43. The number of anilines is 1. The molecule has 1 amide bonds. The lowest BCUT2D eigenvalue weighted by molar-refractivity contribution is -0.116. The lowest BCUT2D eigenvalue weighted by Crippen LogP contribution is -2.30. The number of carbonyl (C=O) groups excluding carboxylic acids is 2. The summed E-state index contributed by atoms with van der Waals surface area (Å²) in [5.41, 5.74) is 2.63. The number of nitrogens with zero attached hydrogens (tertiary/aromatic N) is 2. The van der Waals surface area contributed by atoms with Crippen molar-refractivity contribution in [3.63, 3.8) is 0 Å². The minimum Gasteiger partial charge on any atom is -0.462 e. The Hall–Kier alpha value is -3.78. The van der Waals surface area contributed by atoms with E-state index in [0.717, 1.165) is 41.6 Å². The molecule has 4 aromatic rings. The normalized spacial score (nSPS) is 12.8. The Morgan fingerprint density at radius 3 is 2.54 bits per heavy atom. The molecule has 178 valence electrons. The summed E-state index contributed by atoms with van der Waals surface area (Å²) in [5, 5.41) is 3.47. The van der Waals surface area contributed by atoms with Gasteiger partial charge < -0.3 is 10.1 Å². The standard InChI is InChI=1S/C27H25N3O4S/c1-2-34-27(33)18-12-14-19(15-13-18)28-22(31)16-30-24(17-8-4-3-5-9-17)29-25-23(26(30)32)20-10-6-7-11-21(20)35-25/h3-5,8-9,12-15H,2,6-7,10-11,16H2,1H3,(H,28,31). The van der Waals surface area contributed by atoms with Gasteiger partial charge >= 0.3 is 5.97 Å². The van der Waals surface area contributed by atoms with Gasteiger partial charge in [-0.2, -0.15) is 0 Å². The number of amides is 1. The van der Waals surface area contributed by atoms with Crippen LogP contribution < -0.4 is 10.9 Å². The maximum Gasteiger partial charge on any atom is 0.338 e. The highest BCUT2D eigenvalue weighted by Crippen LogP contribution is 2.34. The van der Waals surface area contributed by atoms with Gasteiger partial charge in [-0.15, -0.1) is 11.3 Å². The lowest BCUT2D eigenvalue weighted by Gasteiger charge is -2.14. The highest BCUT2D eigenvalue weighted by Gasteiger charge is 2.23. The summed E-state index contributed by atoms with van der Waals surface area (Å²) in [5.74, 6) is -0.282. The molecule has 0 saturated heterocycles. The lowest BCUT2D eigenvalue weighted by atomic mass is 9.97. The number of benzene rings is 2. The predicted molar refractivity (Wildman–Crippen MR) is 137 cm³/mol. The zero-order chi connectivity index (χ0) is 24.4. The first-order chi connectivity index (χ1) is 17.0. The van der Waals surface area contributed by atoms with Crippen LogP contribution in [0.3, 0.4) is 0 Å². The van der Waals surface area contributed by atoms with E-state index in [-0.39, 0.29) is 18.0 Å². The van der Waals surface area contributed by atoms with Gasteiger partial charge in [-0.3, -0.25) is 14.2 Å². The van der Waals surface area contributed by atoms with Gasteiger partial charge in [-0.05, 0) is 62.4 Å². The smallest absolute Gasteiger partial charge is 0.338 e. The van der Waals surface area contributed by atoms with Crippen LogP contribution in [0.4, 0.5) is 5.69 Å². The van der Waals surface area contributed by atoms with Crippen molar-refractivity contribution in [2.75, 3.05) is 11.9 Å². The molecule has 2 heterocycles. The Morgan fingerprint density at radius 2 is 1.80 bits per heavy atom. The summed E-state index contributed by atoms with van der Waals surface area (Å²) >= 11 is 1.60. The Kier molecular flexibility index (Phi) is 6.46. The zero-order valence-corrected chi connectivity index (χ0v) is 20.2. The first-order valence-corrected chi connectivity index (χ1v) is 12.5. The van der Waals surface area contributed by atoms with Crippen molar-refractivity contribution >= 4 is 39.1 Å². The van der Waals surface area contributed by atoms with E-state index in [1.807, 2.05) is 30.3 Å². The number of fused-ring (bicyclic) bond motifs is 3. The Morgan fingerprint density at radius 1 is 1.06 bits per heavy atom. The molecule has 2 aromatic carbocycles. The number of ether oxygens (including phenoxy) is 1. The van der Waals surface area contributed by atoms with E-state index < -0.39 is 5.97 Å². The maximum atomic E-state index is 13.7. The zero-order valence-electron chi connectivity index (χ0n) is 19.4. The van der Waals surface area contributed by atoms with Gasteiger partial charge in [0.25, 0.3) is 5.56 Å². The molecule has 0 fully saturated rings. The van der Waals surface area contributed by atoms with E-state index in [9.17, 15) is 14.4 Å². The van der Waals surface area contributed by atoms with Gasteiger partial charge in [0.2, 0.25) is 5.91 Å². The molecular weight excluding hydrogens is 462 g/mol. The fourth-order valence-corrected chi connectivity index (χ4v) is 5.69. The number of hydrogen-bond donors (Lipinski definition) is 1. The van der Waals surface area contributed by atoms with Crippen molar-refractivity contribution in [2.45, 2.75) is 39.2 Å². The van der Waals surface area contributed by atoms with E-state index in [1.165, 1.54) is 9.44 Å². The van der Waals surface area contributed by atoms with Crippen molar-refractivity contribution in [3.8, 4) is 11.4 Å². The highest BCUT2D eigenvalue weighted by molar-refractivity contribution is 7.18. The Labute approximate surface area is 206 Å². The number of esters is 1. The van der Waals surface area contributed by atoms with E-state index in [0.29, 0.717) is 29.1 Å². The number of carbonyl (C=O) groups is 2. The topological polar surface area (TPSA) is 90.3 Å². The number of rotatable bonds is 6. The average Bonchev–Trinajstić information content (AvgIpc) is 3.25. The average molecular weight is 488 g/mol. The molecule has 1 N–H and O–H groups in total. The van der Waals surface area contributed by atoms with Crippen LogP contribution in [0, 0.1) is 0 Å². The second kappa shape index (κ2) is 9.84. The first-order valence-electron chi connectivity index (χ1n) is 11.7. The third-order valence-corrected chi connectivity index (χ3v) is 7.27. The molecule has 1 aliphatic carbocycles. The number of thiophene rings is 1. The minimum atomic E-state index is -0.414. The molecule has 7 nitrogen and oxygen atoms in total. The molecule has 0 spiro atoms. The minimum absolute atomic E-state index is 0.170. The SMILES string of the molecule is CCOC(=O)c1ccc(NC(=O)Cn2c(-c3ccccc3)nc3sc4c(c3c2=O)CCCC4)cc1. The number of aryl methyl sites for hydroxylation is 2. The predicted octanol–water partition coefficient (Wildman–Crippen LogP) is 4.82. The largest absolute Gasteiger partial charge is 0.462 e. The van der Waals surface area contributed by atoms with Gasteiger partial charge in [0, 0.05) is 16.1 Å². The van der Waals surface area contributed by atoms with Crippen molar-refractivity contribution in [1.29, 1.82) is 0 Å². The van der Waals surface area contributed by atoms with Crippen LogP contribution in [0.5, 0.6) is 0 Å². The van der Waals surface area contributed by atoms with Crippen molar-refractivity contribution in [2.24, 2.45) is 0 Å². The third kappa shape index (κ3) is 4.61. The Bertz CT molecular complexity index is 1460. The molecule has 8 heteroatoms. The van der Waals surface area contributed by atoms with Gasteiger partial charge in [-0.1, -0.05) is 30.3 Å². The second-order valence-corrected chi connectivity index (χ2v) is 9.51. The summed E-state index contributed by atoms with van der Waals surface area (Å²) in [4.78, 5) is 45.4. The van der Waals surface area contributed by atoms with Crippen molar-refractivity contribution in [1.82, 2.24) is 9.55 Å².